The van der Waals surface area contributed by atoms with Gasteiger partial charge in [0.25, 0.3) is 0 Å². The summed E-state index contributed by atoms with van der Waals surface area (Å²) in [5.41, 5.74) is 0.530. The topological polar surface area (TPSA) is 45.8 Å². The van der Waals surface area contributed by atoms with Crippen molar-refractivity contribution in [2.75, 3.05) is 12.8 Å². The zero-order chi connectivity index (χ0) is 11.0. The van der Waals surface area contributed by atoms with Gasteiger partial charge in [0.2, 0.25) is 5.82 Å². The van der Waals surface area contributed by atoms with Crippen molar-refractivity contribution >= 4 is 23.2 Å². The molecule has 0 spiro atoms. The van der Waals surface area contributed by atoms with Gasteiger partial charge in [-0.1, -0.05) is 0 Å². The third kappa shape index (κ3) is 4.10. The van der Waals surface area contributed by atoms with Crippen LogP contribution in [0.3, 0.4) is 0 Å². The second-order valence-corrected chi connectivity index (χ2v) is 3.18. The number of nitrogens with zero attached hydrogens (tertiary/aromatic N) is 2. The van der Waals surface area contributed by atoms with Crippen LogP contribution < -0.4 is 5.32 Å². The number of nitrogens with one attached hydrogen (secondary N) is 1. The molecule has 0 rings (SSSR count). The fourth-order valence-corrected chi connectivity index (χ4v) is 1.00. The highest BCUT2D eigenvalue weighted by atomic mass is 32.2. The Balaban J connectivity index is 4.96. The highest BCUT2D eigenvalue weighted by Gasteiger charge is 2.12. The van der Waals surface area contributed by atoms with E-state index in [-0.39, 0.29) is 0 Å². The molecule has 0 fully saturated rings. The highest BCUT2D eigenvalue weighted by molar-refractivity contribution is 8.13. The Labute approximate surface area is 88.3 Å². The Hall–Kier alpha value is -1.28. The quantitative estimate of drug-likeness (QED) is 0.334. The molecule has 14 heavy (non-hydrogen) atoms. The molecule has 0 aromatic heterocycles. The number of aliphatic imine (C=N–C) groups is 1. The summed E-state index contributed by atoms with van der Waals surface area (Å²) in [7, 11) is 0. The van der Waals surface area contributed by atoms with Crippen molar-refractivity contribution in [1.82, 2.24) is 5.32 Å². The number of rotatable bonds is 4. The van der Waals surface area contributed by atoms with E-state index in [0.717, 1.165) is 6.29 Å². The molecular formula is C9H14N3OS+. The lowest BCUT2D eigenvalue weighted by Gasteiger charge is -1.97. The smallest absolute Gasteiger partial charge is 0.349 e. The van der Waals surface area contributed by atoms with Gasteiger partial charge in [0, 0.05) is 11.5 Å². The summed E-state index contributed by atoms with van der Waals surface area (Å²) in [6.07, 6.45) is 2.56. The Kier molecular flexibility index (Phi) is 6.50. The van der Waals surface area contributed by atoms with E-state index >= 15 is 0 Å². The molecule has 4 nitrogen and oxygen atoms in total. The van der Waals surface area contributed by atoms with Crippen LogP contribution in [0.15, 0.2) is 16.4 Å². The summed E-state index contributed by atoms with van der Waals surface area (Å²) in [6, 6.07) is 0. The summed E-state index contributed by atoms with van der Waals surface area (Å²) < 4.78 is 0. The molecule has 0 saturated heterocycles. The fraction of sp³-hybridized carbons (Fsp3) is 0.444. The Morgan fingerprint density at radius 3 is 2.71 bits per heavy atom. The third-order valence-corrected chi connectivity index (χ3v) is 1.96. The van der Waals surface area contributed by atoms with Gasteiger partial charge in [0.15, 0.2) is 6.29 Å². The van der Waals surface area contributed by atoms with Crippen molar-refractivity contribution in [2.45, 2.75) is 13.8 Å². The normalized spacial score (nSPS) is 12.9. The van der Waals surface area contributed by atoms with Crippen LogP contribution in [0.5, 0.6) is 0 Å². The average Bonchev–Trinajstić information content (AvgIpc) is 2.23. The lowest BCUT2D eigenvalue weighted by Crippen LogP contribution is -2.13. The molecule has 5 heteroatoms. The Bertz CT molecular complexity index is 302. The molecule has 76 valence electrons. The minimum absolute atomic E-state index is 0.433. The summed E-state index contributed by atoms with van der Waals surface area (Å²) in [5, 5.41) is 3.40. The maximum atomic E-state index is 10.5. The van der Waals surface area contributed by atoms with Gasteiger partial charge < -0.3 is 5.32 Å². The predicted molar refractivity (Wildman–Crippen MR) is 61.7 cm³/mol. The molecule has 0 amide bonds. The first-order valence-electron chi connectivity index (χ1n) is 4.13. The number of amidine groups is 1. The number of hydrogen-bond donors (Lipinski definition) is 1. The summed E-state index contributed by atoms with van der Waals surface area (Å²) in [6.45, 7) is 9.40. The average molecular weight is 212 g/mol. The van der Waals surface area contributed by atoms with Crippen LogP contribution in [0.4, 0.5) is 0 Å². The van der Waals surface area contributed by atoms with Gasteiger partial charge in [0.05, 0.1) is 5.57 Å². The highest BCUT2D eigenvalue weighted by Crippen LogP contribution is 2.06. The molecule has 0 aromatic carbocycles. The summed E-state index contributed by atoms with van der Waals surface area (Å²) >= 11 is 1.32. The molecule has 0 unspecified atom stereocenters. The third-order valence-electron chi connectivity index (χ3n) is 1.39. The van der Waals surface area contributed by atoms with Crippen molar-refractivity contribution in [3.63, 3.8) is 0 Å². The van der Waals surface area contributed by atoms with Crippen molar-refractivity contribution in [3.05, 3.63) is 16.2 Å². The van der Waals surface area contributed by atoms with E-state index in [4.69, 9.17) is 6.57 Å². The first kappa shape index (κ1) is 12.7. The first-order chi connectivity index (χ1) is 6.69. The zero-order valence-electron chi connectivity index (χ0n) is 8.57. The second kappa shape index (κ2) is 7.15. The summed E-state index contributed by atoms with van der Waals surface area (Å²) in [5.74, 6) is 0.515. The van der Waals surface area contributed by atoms with E-state index < -0.39 is 0 Å². The molecule has 0 saturated carbocycles. The zero-order valence-corrected chi connectivity index (χ0v) is 9.39. The molecule has 0 aliphatic carbocycles. The number of allylic oxidation sites excluding steroid dienone is 1. The van der Waals surface area contributed by atoms with Crippen molar-refractivity contribution < 1.29 is 4.79 Å². The van der Waals surface area contributed by atoms with E-state index in [9.17, 15) is 4.79 Å². The van der Waals surface area contributed by atoms with E-state index in [1.54, 1.807) is 6.92 Å². The predicted octanol–water partition coefficient (Wildman–Crippen LogP) is 1.71. The van der Waals surface area contributed by atoms with Gasteiger partial charge in [-0.15, -0.1) is 0 Å². The van der Waals surface area contributed by atoms with Gasteiger partial charge >= 0.3 is 5.17 Å². The lowest BCUT2D eigenvalue weighted by atomic mass is 10.3. The van der Waals surface area contributed by atoms with E-state index in [1.807, 2.05) is 13.2 Å². The van der Waals surface area contributed by atoms with E-state index in [1.165, 1.54) is 11.8 Å². The van der Waals surface area contributed by atoms with Crippen LogP contribution in [0, 0.1) is 6.57 Å². The number of carbonyl (C=O) groups is 1. The van der Waals surface area contributed by atoms with Gasteiger partial charge in [-0.25, -0.2) is 0 Å². The minimum Gasteiger partial charge on any atom is -0.349 e. The number of thioether (sulfide) groups is 1. The Morgan fingerprint density at radius 1 is 1.71 bits per heavy atom. The van der Waals surface area contributed by atoms with Crippen LogP contribution in [-0.4, -0.2) is 24.3 Å². The molecular weight excluding hydrogens is 198 g/mol. The molecule has 1 N–H and O–H groups in total. The largest absolute Gasteiger partial charge is 0.463 e. The second-order valence-electron chi connectivity index (χ2n) is 2.41. The SMILES string of the molecule is C#[N+]C(=N/C(NCC)=C(\C)C=O)SC. The Morgan fingerprint density at radius 2 is 2.36 bits per heavy atom. The molecule has 0 aromatic rings. The van der Waals surface area contributed by atoms with Crippen LogP contribution in [0.1, 0.15) is 13.8 Å². The van der Waals surface area contributed by atoms with Crippen LogP contribution >= 0.6 is 11.8 Å². The first-order valence-corrected chi connectivity index (χ1v) is 5.35. The van der Waals surface area contributed by atoms with Gasteiger partial charge in [-0.3, -0.25) is 4.79 Å². The van der Waals surface area contributed by atoms with Gasteiger partial charge in [-0.05, 0) is 31.9 Å². The molecule has 0 bridgehead atoms. The molecule has 0 atom stereocenters. The maximum Gasteiger partial charge on any atom is 0.463 e. The monoisotopic (exact) mass is 212 g/mol. The molecule has 0 heterocycles. The number of aldehydes is 1. The van der Waals surface area contributed by atoms with Crippen molar-refractivity contribution in [2.24, 2.45) is 4.99 Å². The van der Waals surface area contributed by atoms with Crippen LogP contribution in [-0.2, 0) is 4.79 Å². The lowest BCUT2D eigenvalue weighted by molar-refractivity contribution is -0.104. The number of hydrogen-bond acceptors (Lipinski definition) is 4. The van der Waals surface area contributed by atoms with Crippen LogP contribution in [0.2, 0.25) is 0 Å². The van der Waals surface area contributed by atoms with Crippen molar-refractivity contribution in [1.29, 1.82) is 0 Å². The van der Waals surface area contributed by atoms with Gasteiger partial charge in [0.1, 0.15) is 6.57 Å². The van der Waals surface area contributed by atoms with Gasteiger partial charge in [-0.2, -0.15) is 4.85 Å². The molecule has 0 aliphatic rings. The molecule has 0 radical (unpaired) electrons. The minimum atomic E-state index is 0.433. The number of carbonyl (C=O) groups excluding carboxylic acids is 1. The van der Waals surface area contributed by atoms with E-state index in [2.05, 4.69) is 15.2 Å². The van der Waals surface area contributed by atoms with E-state index in [0.29, 0.717) is 23.1 Å². The fourth-order valence-electron chi connectivity index (χ4n) is 0.713. The van der Waals surface area contributed by atoms with Crippen LogP contribution in [0.25, 0.3) is 4.85 Å². The maximum absolute atomic E-state index is 10.5. The molecule has 0 aliphatic heterocycles. The summed E-state index contributed by atoms with van der Waals surface area (Å²) in [4.78, 5) is 18.1. The van der Waals surface area contributed by atoms with Crippen molar-refractivity contribution in [3.8, 4) is 6.57 Å². The standard InChI is InChI=1S/C9H13N3OS/c1-5-11-8(7(2)6-13)12-9(10-3)14-4/h3,6H,5H2,1-2,4H3/p+1.